The summed E-state index contributed by atoms with van der Waals surface area (Å²) in [5.41, 5.74) is 0.149. The first-order valence-corrected chi connectivity index (χ1v) is 12.7. The van der Waals surface area contributed by atoms with Gasteiger partial charge in [-0.15, -0.1) is 0 Å². The van der Waals surface area contributed by atoms with E-state index in [4.69, 9.17) is 14.2 Å². The van der Waals surface area contributed by atoms with Crippen molar-refractivity contribution in [3.8, 4) is 0 Å². The van der Waals surface area contributed by atoms with Crippen LogP contribution >= 0.6 is 0 Å². The first kappa shape index (κ1) is 28.0. The molecule has 0 saturated carbocycles. The van der Waals surface area contributed by atoms with Crippen LogP contribution in [0.1, 0.15) is 48.4 Å². The molecule has 2 aliphatic heterocycles. The number of hydrogen-bond acceptors (Lipinski definition) is 8. The lowest BCUT2D eigenvalue weighted by atomic mass is 10.1. The maximum atomic E-state index is 15.3. The second kappa shape index (κ2) is 11.4. The van der Waals surface area contributed by atoms with Gasteiger partial charge in [0.2, 0.25) is 0 Å². The molecule has 0 aromatic heterocycles. The third-order valence-corrected chi connectivity index (χ3v) is 6.19. The lowest BCUT2D eigenvalue weighted by Crippen LogP contribution is -2.47. The first-order valence-electron chi connectivity index (χ1n) is 12.7. The molecule has 39 heavy (non-hydrogen) atoms. The van der Waals surface area contributed by atoms with Gasteiger partial charge < -0.3 is 19.1 Å². The van der Waals surface area contributed by atoms with Crippen molar-refractivity contribution in [1.82, 2.24) is 4.90 Å². The predicted molar refractivity (Wildman–Crippen MR) is 140 cm³/mol. The molecule has 2 aromatic rings. The zero-order valence-corrected chi connectivity index (χ0v) is 22.4. The van der Waals surface area contributed by atoms with E-state index in [1.807, 2.05) is 4.90 Å². The van der Waals surface area contributed by atoms with Gasteiger partial charge in [0.15, 0.2) is 0 Å². The van der Waals surface area contributed by atoms with E-state index in [1.54, 1.807) is 57.2 Å². The fourth-order valence-electron chi connectivity index (χ4n) is 4.51. The molecular weight excluding hydrogens is 509 g/mol. The van der Waals surface area contributed by atoms with Gasteiger partial charge in [0, 0.05) is 20.0 Å². The maximum absolute atomic E-state index is 15.3. The Morgan fingerprint density at radius 1 is 1.05 bits per heavy atom. The number of anilines is 2. The molecule has 0 aliphatic carbocycles. The minimum absolute atomic E-state index is 0.165. The van der Waals surface area contributed by atoms with E-state index in [0.29, 0.717) is 32.0 Å². The van der Waals surface area contributed by atoms with Gasteiger partial charge in [0.25, 0.3) is 11.8 Å². The Labute approximate surface area is 226 Å². The van der Waals surface area contributed by atoms with E-state index < -0.39 is 41.4 Å². The van der Waals surface area contributed by atoms with Crippen LogP contribution in [-0.2, 0) is 19.0 Å². The average Bonchev–Trinajstić information content (AvgIpc) is 3.11. The molecule has 2 aliphatic rings. The number of esters is 1. The van der Waals surface area contributed by atoms with Gasteiger partial charge in [-0.25, -0.2) is 9.18 Å². The van der Waals surface area contributed by atoms with E-state index in [9.17, 15) is 19.2 Å². The Bertz CT molecular complexity index is 1240. The Morgan fingerprint density at radius 3 is 2.21 bits per heavy atom. The molecule has 1 fully saturated rings. The summed E-state index contributed by atoms with van der Waals surface area (Å²) in [7, 11) is 0. The molecule has 1 atom stereocenters. The number of halogens is 1. The summed E-state index contributed by atoms with van der Waals surface area (Å²) < 4.78 is 31.6. The minimum atomic E-state index is -1.11. The van der Waals surface area contributed by atoms with Gasteiger partial charge in [-0.2, -0.15) is 0 Å². The highest BCUT2D eigenvalue weighted by atomic mass is 19.1. The summed E-state index contributed by atoms with van der Waals surface area (Å²) in [6.07, 6.45) is -1.92. The first-order chi connectivity index (χ1) is 18.4. The summed E-state index contributed by atoms with van der Waals surface area (Å²) in [6, 6.07) is 10.7. The number of hydrogen-bond donors (Lipinski definition) is 0. The fourth-order valence-corrected chi connectivity index (χ4v) is 4.51. The van der Waals surface area contributed by atoms with Crippen molar-refractivity contribution >= 4 is 35.3 Å². The van der Waals surface area contributed by atoms with Crippen LogP contribution in [0.15, 0.2) is 42.5 Å². The lowest BCUT2D eigenvalue weighted by Gasteiger charge is -2.32. The van der Waals surface area contributed by atoms with Crippen molar-refractivity contribution in [1.29, 1.82) is 0 Å². The van der Waals surface area contributed by atoms with E-state index in [2.05, 4.69) is 0 Å². The van der Waals surface area contributed by atoms with Gasteiger partial charge in [-0.3, -0.25) is 24.2 Å². The minimum Gasteiger partial charge on any atom is -0.459 e. The molecule has 11 heteroatoms. The van der Waals surface area contributed by atoms with Crippen LogP contribution in [0.25, 0.3) is 0 Å². The largest absolute Gasteiger partial charge is 0.459 e. The molecule has 10 nitrogen and oxygen atoms in total. The lowest BCUT2D eigenvalue weighted by molar-refractivity contribution is -0.146. The Morgan fingerprint density at radius 2 is 1.67 bits per heavy atom. The predicted octanol–water partition coefficient (Wildman–Crippen LogP) is 3.63. The highest BCUT2D eigenvalue weighted by Gasteiger charge is 2.38. The number of nitrogens with zero attached hydrogens (tertiary/aromatic N) is 3. The molecular formula is C28H32FN3O7. The van der Waals surface area contributed by atoms with E-state index in [1.165, 1.54) is 13.0 Å². The topological polar surface area (TPSA) is 106 Å². The summed E-state index contributed by atoms with van der Waals surface area (Å²) in [4.78, 5) is 55.1. The Hall–Kier alpha value is -3.99. The average molecular weight is 542 g/mol. The molecule has 2 heterocycles. The molecule has 0 spiro atoms. The van der Waals surface area contributed by atoms with Crippen molar-refractivity contribution in [2.75, 3.05) is 49.2 Å². The standard InChI is InChI=1S/C28H32FN3O7/c1-18(33)38-20(17-32-25(34)21-7-5-6-8-22(21)26(32)35)16-31(27(36)39-28(2,3)4)19-9-10-24(23(29)15-19)30-11-13-37-14-12-30/h5-10,15,20H,11-14,16-17H2,1-4H3/t20-/m0/s1. The summed E-state index contributed by atoms with van der Waals surface area (Å²) in [5, 5.41) is 0. The van der Waals surface area contributed by atoms with Crippen molar-refractivity contribution in [3.05, 3.63) is 59.4 Å². The fraction of sp³-hybridized carbons (Fsp3) is 0.429. The quantitative estimate of drug-likeness (QED) is 0.387. The third kappa shape index (κ3) is 6.54. The molecule has 208 valence electrons. The van der Waals surface area contributed by atoms with Crippen LogP contribution in [0, 0.1) is 5.82 Å². The summed E-state index contributed by atoms with van der Waals surface area (Å²) in [5.74, 6) is -2.28. The molecule has 0 radical (unpaired) electrons. The molecule has 3 amide bonds. The number of rotatable bonds is 7. The number of fused-ring (bicyclic) bond motifs is 1. The van der Waals surface area contributed by atoms with Gasteiger partial charge in [-0.1, -0.05) is 12.1 Å². The summed E-state index contributed by atoms with van der Waals surface area (Å²) >= 11 is 0. The van der Waals surface area contributed by atoms with Crippen LogP contribution in [0.4, 0.5) is 20.6 Å². The monoisotopic (exact) mass is 541 g/mol. The van der Waals surface area contributed by atoms with Crippen molar-refractivity contribution in [2.45, 2.75) is 39.4 Å². The number of amides is 3. The maximum Gasteiger partial charge on any atom is 0.414 e. The summed E-state index contributed by atoms with van der Waals surface area (Å²) in [6.45, 7) is 7.66. The number of benzene rings is 2. The van der Waals surface area contributed by atoms with E-state index in [-0.39, 0.29) is 29.9 Å². The number of ether oxygens (including phenoxy) is 3. The molecule has 1 saturated heterocycles. The number of morpholine rings is 1. The van der Waals surface area contributed by atoms with Crippen LogP contribution in [-0.4, -0.2) is 79.9 Å². The molecule has 2 aromatic carbocycles. The van der Waals surface area contributed by atoms with Gasteiger partial charge in [0.1, 0.15) is 17.5 Å². The van der Waals surface area contributed by atoms with Crippen LogP contribution in [0.2, 0.25) is 0 Å². The zero-order valence-electron chi connectivity index (χ0n) is 22.4. The van der Waals surface area contributed by atoms with Gasteiger partial charge in [0.05, 0.1) is 48.8 Å². The molecule has 0 bridgehead atoms. The van der Waals surface area contributed by atoms with E-state index >= 15 is 4.39 Å². The van der Waals surface area contributed by atoms with Gasteiger partial charge in [-0.05, 0) is 51.1 Å². The number of carbonyl (C=O) groups is 4. The second-order valence-electron chi connectivity index (χ2n) is 10.3. The second-order valence-corrected chi connectivity index (χ2v) is 10.3. The normalized spacial score (nSPS) is 16.1. The Kier molecular flexibility index (Phi) is 8.19. The third-order valence-electron chi connectivity index (χ3n) is 6.19. The van der Waals surface area contributed by atoms with Crippen molar-refractivity contribution in [3.63, 3.8) is 0 Å². The molecule has 0 N–H and O–H groups in total. The van der Waals surface area contributed by atoms with E-state index in [0.717, 1.165) is 9.80 Å². The molecule has 4 rings (SSSR count). The van der Waals surface area contributed by atoms with Crippen molar-refractivity contribution < 1.29 is 37.8 Å². The SMILES string of the molecule is CC(=O)O[C@H](CN1C(=O)c2ccccc2C1=O)CN(C(=O)OC(C)(C)C)c1ccc(N2CCOCC2)c(F)c1. The van der Waals surface area contributed by atoms with Crippen molar-refractivity contribution in [2.24, 2.45) is 0 Å². The number of carbonyl (C=O) groups excluding carboxylic acids is 4. The highest BCUT2D eigenvalue weighted by Crippen LogP contribution is 2.28. The smallest absolute Gasteiger partial charge is 0.414 e. The van der Waals surface area contributed by atoms with Crippen LogP contribution in [0.5, 0.6) is 0 Å². The highest BCUT2D eigenvalue weighted by molar-refractivity contribution is 6.21. The van der Waals surface area contributed by atoms with Crippen LogP contribution in [0.3, 0.4) is 0 Å². The van der Waals surface area contributed by atoms with Crippen LogP contribution < -0.4 is 9.80 Å². The zero-order chi connectivity index (χ0) is 28.3. The number of imide groups is 1. The Balaban J connectivity index is 1.62. The molecule has 0 unspecified atom stereocenters. The van der Waals surface area contributed by atoms with Gasteiger partial charge >= 0.3 is 12.1 Å².